The lowest BCUT2D eigenvalue weighted by Crippen LogP contribution is -2.25. The van der Waals surface area contributed by atoms with Crippen LogP contribution < -0.4 is 5.73 Å². The molecule has 0 spiro atoms. The topological polar surface area (TPSA) is 26.0 Å². The Balaban J connectivity index is 2.08. The van der Waals surface area contributed by atoms with Crippen molar-refractivity contribution in [1.82, 2.24) is 0 Å². The van der Waals surface area contributed by atoms with E-state index in [-0.39, 0.29) is 11.9 Å². The molecule has 0 aromatic heterocycles. The second kappa shape index (κ2) is 6.41. The minimum Gasteiger partial charge on any atom is -0.327 e. The summed E-state index contributed by atoms with van der Waals surface area (Å²) in [5, 5.41) is 0. The minimum atomic E-state index is -0.626. The van der Waals surface area contributed by atoms with E-state index in [2.05, 4.69) is 15.9 Å². The Labute approximate surface area is 123 Å². The van der Waals surface area contributed by atoms with E-state index in [1.165, 1.54) is 24.3 Å². The largest absolute Gasteiger partial charge is 0.327 e. The molecule has 0 amide bonds. The molecule has 0 saturated carbocycles. The summed E-state index contributed by atoms with van der Waals surface area (Å²) in [5.74, 6) is -1.59. The SMILES string of the molecule is NC(Cc1cc(F)cc(F)c1)Cc1cc(F)ccc1Br. The molecule has 1 unspecified atom stereocenters. The van der Waals surface area contributed by atoms with Gasteiger partial charge in [-0.1, -0.05) is 15.9 Å². The van der Waals surface area contributed by atoms with Crippen molar-refractivity contribution in [1.29, 1.82) is 0 Å². The van der Waals surface area contributed by atoms with Gasteiger partial charge in [-0.15, -0.1) is 0 Å². The van der Waals surface area contributed by atoms with Crippen LogP contribution in [0.4, 0.5) is 13.2 Å². The maximum absolute atomic E-state index is 13.2. The smallest absolute Gasteiger partial charge is 0.126 e. The highest BCUT2D eigenvalue weighted by Crippen LogP contribution is 2.20. The molecule has 0 saturated heterocycles. The second-order valence-corrected chi connectivity index (χ2v) is 5.54. The lowest BCUT2D eigenvalue weighted by atomic mass is 9.99. The Morgan fingerprint density at radius 2 is 1.55 bits per heavy atom. The molecule has 0 aliphatic heterocycles. The van der Waals surface area contributed by atoms with Crippen molar-refractivity contribution >= 4 is 15.9 Å². The molecular formula is C15H13BrF3N. The molecule has 2 N–H and O–H groups in total. The van der Waals surface area contributed by atoms with E-state index in [0.29, 0.717) is 18.4 Å². The van der Waals surface area contributed by atoms with E-state index in [1.54, 1.807) is 6.07 Å². The lowest BCUT2D eigenvalue weighted by Gasteiger charge is -2.13. The molecule has 20 heavy (non-hydrogen) atoms. The van der Waals surface area contributed by atoms with Crippen LogP contribution in [0.2, 0.25) is 0 Å². The third-order valence-electron chi connectivity index (χ3n) is 2.91. The van der Waals surface area contributed by atoms with E-state index in [1.807, 2.05) is 0 Å². The monoisotopic (exact) mass is 343 g/mol. The van der Waals surface area contributed by atoms with Crippen LogP contribution in [0.3, 0.4) is 0 Å². The summed E-state index contributed by atoms with van der Waals surface area (Å²) < 4.78 is 40.1. The second-order valence-electron chi connectivity index (χ2n) is 4.68. The van der Waals surface area contributed by atoms with Crippen LogP contribution in [0.25, 0.3) is 0 Å². The predicted octanol–water partition coefficient (Wildman–Crippen LogP) is 3.98. The molecule has 1 atom stereocenters. The average molecular weight is 344 g/mol. The zero-order chi connectivity index (χ0) is 14.7. The summed E-state index contributed by atoms with van der Waals surface area (Å²) in [6, 6.07) is 7.33. The van der Waals surface area contributed by atoms with Crippen LogP contribution in [0, 0.1) is 17.5 Å². The van der Waals surface area contributed by atoms with E-state index >= 15 is 0 Å². The predicted molar refractivity (Wildman–Crippen MR) is 75.8 cm³/mol. The number of hydrogen-bond donors (Lipinski definition) is 1. The number of halogens is 4. The lowest BCUT2D eigenvalue weighted by molar-refractivity contribution is 0.574. The van der Waals surface area contributed by atoms with E-state index in [9.17, 15) is 13.2 Å². The molecule has 106 valence electrons. The molecule has 2 rings (SSSR count). The van der Waals surface area contributed by atoms with Gasteiger partial charge in [0.2, 0.25) is 0 Å². The van der Waals surface area contributed by atoms with Crippen molar-refractivity contribution < 1.29 is 13.2 Å². The fourth-order valence-corrected chi connectivity index (χ4v) is 2.49. The molecular weight excluding hydrogens is 331 g/mol. The van der Waals surface area contributed by atoms with Gasteiger partial charge in [-0.3, -0.25) is 0 Å². The third kappa shape index (κ3) is 4.08. The quantitative estimate of drug-likeness (QED) is 0.892. The molecule has 0 aliphatic carbocycles. The van der Waals surface area contributed by atoms with Gasteiger partial charge in [0.15, 0.2) is 0 Å². The number of rotatable bonds is 4. The molecule has 2 aromatic carbocycles. The van der Waals surface area contributed by atoms with Crippen molar-refractivity contribution in [3.8, 4) is 0 Å². The van der Waals surface area contributed by atoms with Gasteiger partial charge in [-0.05, 0) is 54.3 Å². The fourth-order valence-electron chi connectivity index (χ4n) is 2.09. The first-order chi connectivity index (χ1) is 9.44. The fraction of sp³-hybridized carbons (Fsp3) is 0.200. The summed E-state index contributed by atoms with van der Waals surface area (Å²) in [5.41, 5.74) is 7.19. The summed E-state index contributed by atoms with van der Waals surface area (Å²) in [4.78, 5) is 0. The number of benzene rings is 2. The summed E-state index contributed by atoms with van der Waals surface area (Å²) in [7, 11) is 0. The maximum Gasteiger partial charge on any atom is 0.126 e. The highest BCUT2D eigenvalue weighted by molar-refractivity contribution is 9.10. The van der Waals surface area contributed by atoms with Crippen molar-refractivity contribution in [3.63, 3.8) is 0 Å². The van der Waals surface area contributed by atoms with Crippen LogP contribution in [0.15, 0.2) is 40.9 Å². The molecule has 0 bridgehead atoms. The molecule has 0 aliphatic rings. The normalized spacial score (nSPS) is 12.4. The van der Waals surface area contributed by atoms with E-state index in [0.717, 1.165) is 16.1 Å². The van der Waals surface area contributed by atoms with Gasteiger partial charge >= 0.3 is 0 Å². The molecule has 2 aromatic rings. The first kappa shape index (κ1) is 15.1. The van der Waals surface area contributed by atoms with Crippen LogP contribution in [0.5, 0.6) is 0 Å². The Morgan fingerprint density at radius 3 is 2.20 bits per heavy atom. The number of nitrogens with two attached hydrogens (primary N) is 1. The molecule has 0 radical (unpaired) electrons. The van der Waals surface area contributed by atoms with Crippen LogP contribution in [-0.2, 0) is 12.8 Å². The third-order valence-corrected chi connectivity index (χ3v) is 3.68. The van der Waals surface area contributed by atoms with Gasteiger partial charge in [0.1, 0.15) is 17.5 Å². The minimum absolute atomic E-state index is 0.317. The zero-order valence-electron chi connectivity index (χ0n) is 10.5. The van der Waals surface area contributed by atoms with Crippen molar-refractivity contribution in [2.24, 2.45) is 5.73 Å². The van der Waals surface area contributed by atoms with Crippen molar-refractivity contribution in [3.05, 3.63) is 69.4 Å². The Bertz CT molecular complexity index is 596. The van der Waals surface area contributed by atoms with Crippen LogP contribution in [0.1, 0.15) is 11.1 Å². The highest BCUT2D eigenvalue weighted by atomic mass is 79.9. The Hall–Kier alpha value is -1.33. The van der Waals surface area contributed by atoms with Crippen LogP contribution >= 0.6 is 15.9 Å². The van der Waals surface area contributed by atoms with E-state index < -0.39 is 11.6 Å². The van der Waals surface area contributed by atoms with Gasteiger partial charge in [0.25, 0.3) is 0 Å². The molecule has 1 nitrogen and oxygen atoms in total. The molecule has 5 heteroatoms. The molecule has 0 fully saturated rings. The summed E-state index contributed by atoms with van der Waals surface area (Å²) in [6.07, 6.45) is 0.730. The van der Waals surface area contributed by atoms with Gasteiger partial charge in [0.05, 0.1) is 0 Å². The molecule has 0 heterocycles. The van der Waals surface area contributed by atoms with Gasteiger partial charge < -0.3 is 5.73 Å². The Kier molecular flexibility index (Phi) is 4.83. The number of hydrogen-bond acceptors (Lipinski definition) is 1. The summed E-state index contributed by atoms with van der Waals surface area (Å²) >= 11 is 3.33. The van der Waals surface area contributed by atoms with Crippen LogP contribution in [-0.4, -0.2) is 6.04 Å². The van der Waals surface area contributed by atoms with E-state index in [4.69, 9.17) is 5.73 Å². The standard InChI is InChI=1S/C15H13BrF3N/c16-15-2-1-11(17)6-10(15)7-14(20)5-9-3-12(18)8-13(19)4-9/h1-4,6,8,14H,5,7,20H2. The summed E-state index contributed by atoms with van der Waals surface area (Å²) in [6.45, 7) is 0. The Morgan fingerprint density at radius 1 is 0.900 bits per heavy atom. The first-order valence-corrected chi connectivity index (χ1v) is 6.88. The maximum atomic E-state index is 13.2. The zero-order valence-corrected chi connectivity index (χ0v) is 12.1. The van der Waals surface area contributed by atoms with Crippen molar-refractivity contribution in [2.45, 2.75) is 18.9 Å². The highest BCUT2D eigenvalue weighted by Gasteiger charge is 2.10. The first-order valence-electron chi connectivity index (χ1n) is 6.08. The van der Waals surface area contributed by atoms with Gasteiger partial charge in [-0.25, -0.2) is 13.2 Å². The average Bonchev–Trinajstić information content (AvgIpc) is 2.32. The van der Waals surface area contributed by atoms with Gasteiger partial charge in [-0.2, -0.15) is 0 Å². The van der Waals surface area contributed by atoms with Crippen molar-refractivity contribution in [2.75, 3.05) is 0 Å². The van der Waals surface area contributed by atoms with Gasteiger partial charge in [0, 0.05) is 16.6 Å².